The maximum Gasteiger partial charge on any atom is 0.344 e. The van der Waals surface area contributed by atoms with Crippen LogP contribution in [0.15, 0.2) is 47.1 Å². The van der Waals surface area contributed by atoms with E-state index in [1.54, 1.807) is 33.7 Å². The molecular formula is C20H17N9O7S2. The number of oxime groups is 1. The summed E-state index contributed by atoms with van der Waals surface area (Å²) in [5, 5.41) is 30.3. The highest BCUT2D eigenvalue weighted by molar-refractivity contribution is 8.00. The van der Waals surface area contributed by atoms with Crippen LogP contribution in [0, 0.1) is 0 Å². The van der Waals surface area contributed by atoms with E-state index in [4.69, 9.17) is 10.8 Å². The second kappa shape index (κ2) is 10.1. The second-order valence-electron chi connectivity index (χ2n) is 7.92. The Balaban J connectivity index is 1.36. The van der Waals surface area contributed by atoms with E-state index in [1.807, 2.05) is 6.07 Å². The van der Waals surface area contributed by atoms with Gasteiger partial charge in [-0.1, -0.05) is 10.3 Å². The molecule has 0 bridgehead atoms. The first-order valence-corrected chi connectivity index (χ1v) is 12.6. The van der Waals surface area contributed by atoms with Crippen LogP contribution in [-0.4, -0.2) is 82.2 Å². The van der Waals surface area contributed by atoms with Gasteiger partial charge in [0.15, 0.2) is 11.3 Å². The summed E-state index contributed by atoms with van der Waals surface area (Å²) >= 11 is 2.04. The average molecular weight is 560 g/mol. The van der Waals surface area contributed by atoms with Gasteiger partial charge in [-0.2, -0.15) is 9.36 Å². The number of aromatic nitrogens is 5. The Morgan fingerprint density at radius 1 is 1.39 bits per heavy atom. The molecule has 1 fully saturated rings. The molecule has 0 spiro atoms. The monoisotopic (exact) mass is 559 g/mol. The number of carbonyl (C=O) groups is 4. The summed E-state index contributed by atoms with van der Waals surface area (Å²) in [6.07, 6.45) is 5.08. The summed E-state index contributed by atoms with van der Waals surface area (Å²) in [6.45, 7) is -0.653. The van der Waals surface area contributed by atoms with E-state index in [9.17, 15) is 24.3 Å². The number of anilines is 1. The lowest BCUT2D eigenvalue weighted by atomic mass is 10.0. The molecular weight excluding hydrogens is 542 g/mol. The van der Waals surface area contributed by atoms with Crippen molar-refractivity contribution in [2.75, 3.05) is 18.1 Å². The zero-order valence-electron chi connectivity index (χ0n) is 19.1. The minimum Gasteiger partial charge on any atom is -0.543 e. The fraction of sp³-hybridized carbons (Fsp3) is 0.250. The van der Waals surface area contributed by atoms with Gasteiger partial charge in [0, 0.05) is 28.9 Å². The number of carbonyl (C=O) groups excluding carboxylic acids is 3. The van der Waals surface area contributed by atoms with Gasteiger partial charge in [0.05, 0.1) is 17.9 Å². The molecule has 0 aromatic carbocycles. The molecule has 2 aliphatic heterocycles. The van der Waals surface area contributed by atoms with Crippen molar-refractivity contribution in [3.05, 3.63) is 47.8 Å². The number of amides is 2. The number of aliphatic carboxylic acids is 2. The van der Waals surface area contributed by atoms with Crippen molar-refractivity contribution in [1.82, 2.24) is 29.2 Å². The van der Waals surface area contributed by atoms with Gasteiger partial charge in [-0.25, -0.2) is 9.36 Å². The first kappa shape index (κ1) is 25.1. The summed E-state index contributed by atoms with van der Waals surface area (Å²) in [5.74, 6) is -4.42. The lowest BCUT2D eigenvalue weighted by Gasteiger charge is -2.50. The molecule has 16 nitrogen and oxygen atoms in total. The Morgan fingerprint density at radius 3 is 2.92 bits per heavy atom. The van der Waals surface area contributed by atoms with Gasteiger partial charge >= 0.3 is 11.6 Å². The fourth-order valence-corrected chi connectivity index (χ4v) is 5.72. The number of nitrogens with two attached hydrogens (primary N) is 1. The van der Waals surface area contributed by atoms with E-state index in [0.717, 1.165) is 22.1 Å². The smallest absolute Gasteiger partial charge is 0.344 e. The van der Waals surface area contributed by atoms with Crippen molar-refractivity contribution in [3.63, 3.8) is 0 Å². The summed E-state index contributed by atoms with van der Waals surface area (Å²) in [4.78, 5) is 58.4. The first-order chi connectivity index (χ1) is 18.2. The molecule has 2 atom stereocenters. The predicted molar refractivity (Wildman–Crippen MR) is 127 cm³/mol. The van der Waals surface area contributed by atoms with Crippen molar-refractivity contribution in [2.24, 2.45) is 5.16 Å². The standard InChI is InChI=1S/C20H17N9O7S2/c21-20-24-15(26-38-20)12(25-36-7-11(30)31)16(32)23-13-17(33)29-14(19(34)35)9(8-37-18(13)29)6-27-4-5-28-10(27)2-1-3-22-28/h1-5,13,18H,6-8H2,(H4-,21,23,24,26,30,31,32,34,35)/b25-12-/t13-,18-/m1/s1. The molecule has 0 aliphatic carbocycles. The van der Waals surface area contributed by atoms with Gasteiger partial charge in [0.25, 0.3) is 11.8 Å². The summed E-state index contributed by atoms with van der Waals surface area (Å²) < 4.78 is 7.29. The van der Waals surface area contributed by atoms with Crippen LogP contribution in [0.5, 0.6) is 0 Å². The number of imidazole rings is 1. The van der Waals surface area contributed by atoms with Gasteiger partial charge in [-0.15, -0.1) is 16.3 Å². The number of carboxylic acids is 2. The van der Waals surface area contributed by atoms with E-state index in [2.05, 4.69) is 29.8 Å². The van der Waals surface area contributed by atoms with E-state index in [0.29, 0.717) is 5.57 Å². The van der Waals surface area contributed by atoms with Crippen molar-refractivity contribution in [2.45, 2.75) is 18.0 Å². The Labute approximate surface area is 220 Å². The Bertz CT molecular complexity index is 1530. The minimum atomic E-state index is -1.52. The molecule has 5 heterocycles. The predicted octanol–water partition coefficient (Wildman–Crippen LogP) is -3.04. The maximum atomic E-state index is 13.0. The third kappa shape index (κ3) is 4.61. The van der Waals surface area contributed by atoms with Crippen molar-refractivity contribution < 1.29 is 38.8 Å². The molecule has 2 amide bonds. The zero-order valence-corrected chi connectivity index (χ0v) is 20.7. The number of nitrogens with zero attached hydrogens (tertiary/aromatic N) is 7. The normalized spacial score (nSPS) is 19.2. The van der Waals surface area contributed by atoms with Crippen LogP contribution in [0.4, 0.5) is 5.13 Å². The highest BCUT2D eigenvalue weighted by Gasteiger charge is 2.53. The molecule has 3 aromatic rings. The number of β-lactam (4-membered cyclic amide) rings is 1. The van der Waals surface area contributed by atoms with Gasteiger partial charge < -0.3 is 30.9 Å². The number of hydrogen-bond donors (Lipinski definition) is 3. The molecule has 0 unspecified atom stereocenters. The van der Waals surface area contributed by atoms with E-state index in [-0.39, 0.29) is 29.0 Å². The topological polar surface area (TPSA) is 221 Å². The van der Waals surface area contributed by atoms with Crippen LogP contribution in [0.25, 0.3) is 5.65 Å². The van der Waals surface area contributed by atoms with Crippen LogP contribution in [-0.2, 0) is 30.6 Å². The second-order valence-corrected chi connectivity index (χ2v) is 9.80. The fourth-order valence-electron chi connectivity index (χ4n) is 3.95. The van der Waals surface area contributed by atoms with Crippen LogP contribution in [0.3, 0.4) is 0 Å². The quantitative estimate of drug-likeness (QED) is 0.103. The lowest BCUT2D eigenvalue weighted by Crippen LogP contribution is -2.71. The van der Waals surface area contributed by atoms with Gasteiger partial charge in [0.2, 0.25) is 18.1 Å². The van der Waals surface area contributed by atoms with Crippen molar-refractivity contribution >= 4 is 63.5 Å². The molecule has 5 rings (SSSR count). The van der Waals surface area contributed by atoms with Gasteiger partial charge in [-0.3, -0.25) is 14.5 Å². The van der Waals surface area contributed by atoms with Crippen LogP contribution >= 0.6 is 23.3 Å². The Hall–Kier alpha value is -4.58. The molecule has 0 saturated carbocycles. The molecule has 38 heavy (non-hydrogen) atoms. The van der Waals surface area contributed by atoms with Crippen molar-refractivity contribution in [3.8, 4) is 0 Å². The largest absolute Gasteiger partial charge is 0.543 e. The van der Waals surface area contributed by atoms with Crippen molar-refractivity contribution in [1.29, 1.82) is 0 Å². The lowest BCUT2D eigenvalue weighted by molar-refractivity contribution is -0.662. The first-order valence-electron chi connectivity index (χ1n) is 10.8. The molecule has 3 aromatic heterocycles. The summed E-state index contributed by atoms with van der Waals surface area (Å²) in [7, 11) is 0. The SMILES string of the molecule is Nc1nc(/C(=N/OCC(=O)O)C(=O)N[C@@H]2C(=O)N3C(C(=O)[O-])=C(C[n+]4ccn5ncccc54)CS[C@H]23)ns1. The molecule has 4 N–H and O–H groups in total. The number of nitrogen functional groups attached to an aromatic ring is 1. The third-order valence-electron chi connectivity index (χ3n) is 5.54. The van der Waals surface area contributed by atoms with E-state index in [1.165, 1.54) is 11.8 Å². The van der Waals surface area contributed by atoms with Crippen LogP contribution in [0.1, 0.15) is 5.82 Å². The van der Waals surface area contributed by atoms with Gasteiger partial charge in [0.1, 0.15) is 24.2 Å². The molecule has 196 valence electrons. The highest BCUT2D eigenvalue weighted by Crippen LogP contribution is 2.40. The average Bonchev–Trinajstić information content (AvgIpc) is 3.50. The number of thioether (sulfide) groups is 1. The van der Waals surface area contributed by atoms with E-state index < -0.39 is 47.5 Å². The number of carboxylic acid groups (broad SMARTS) is 2. The Kier molecular flexibility index (Phi) is 6.64. The molecule has 1 saturated heterocycles. The minimum absolute atomic E-state index is 0.0217. The highest BCUT2D eigenvalue weighted by atomic mass is 32.2. The molecule has 18 heteroatoms. The summed E-state index contributed by atoms with van der Waals surface area (Å²) in [5.41, 5.74) is 5.99. The number of nitrogens with one attached hydrogen (secondary N) is 1. The molecule has 2 aliphatic rings. The number of hydrogen-bond acceptors (Lipinski definition) is 13. The molecule has 0 radical (unpaired) electrons. The number of rotatable bonds is 9. The Morgan fingerprint density at radius 2 is 2.21 bits per heavy atom. The maximum absolute atomic E-state index is 13.0. The summed E-state index contributed by atoms with van der Waals surface area (Å²) in [6, 6.07) is 2.46. The third-order valence-corrected chi connectivity index (χ3v) is 7.42. The van der Waals surface area contributed by atoms with Crippen LogP contribution in [0.2, 0.25) is 0 Å². The van der Waals surface area contributed by atoms with Crippen LogP contribution < -0.4 is 20.7 Å². The van der Waals surface area contributed by atoms with E-state index >= 15 is 0 Å². The number of fused-ring (bicyclic) bond motifs is 2. The zero-order chi connectivity index (χ0) is 27.0. The van der Waals surface area contributed by atoms with Gasteiger partial charge in [-0.05, 0) is 6.07 Å².